The average molecular weight is 408 g/mol. The van der Waals surface area contributed by atoms with E-state index < -0.39 is 15.8 Å². The van der Waals surface area contributed by atoms with Gasteiger partial charge >= 0.3 is 0 Å². The summed E-state index contributed by atoms with van der Waals surface area (Å²) in [6, 6.07) is 9.87. The van der Waals surface area contributed by atoms with Crippen LogP contribution in [0.3, 0.4) is 0 Å². The van der Waals surface area contributed by atoms with Crippen molar-refractivity contribution in [3.63, 3.8) is 0 Å². The predicted molar refractivity (Wildman–Crippen MR) is 101 cm³/mol. The smallest absolute Gasteiger partial charge is 0.253 e. The van der Waals surface area contributed by atoms with Gasteiger partial charge in [0.2, 0.25) is 10.0 Å². The molecule has 2 aromatic rings. The SMILES string of the molecule is COc1ccc(OC)c(S(=O)(=O)N2CCN(C(=O)c3ccc(F)cc3)CC2)c1. The first kappa shape index (κ1) is 20.1. The van der Waals surface area contributed by atoms with Crippen LogP contribution < -0.4 is 9.47 Å². The molecule has 1 aliphatic heterocycles. The second-order valence-electron chi connectivity index (χ2n) is 6.22. The van der Waals surface area contributed by atoms with Crippen LogP contribution >= 0.6 is 0 Å². The number of nitrogens with zero attached hydrogens (tertiary/aromatic N) is 2. The lowest BCUT2D eigenvalue weighted by molar-refractivity contribution is 0.0697. The highest BCUT2D eigenvalue weighted by Gasteiger charge is 2.32. The van der Waals surface area contributed by atoms with E-state index in [-0.39, 0.29) is 42.7 Å². The summed E-state index contributed by atoms with van der Waals surface area (Å²) in [6.45, 7) is 0.773. The summed E-state index contributed by atoms with van der Waals surface area (Å²) in [5.41, 5.74) is 0.368. The van der Waals surface area contributed by atoms with E-state index in [1.54, 1.807) is 17.0 Å². The molecule has 28 heavy (non-hydrogen) atoms. The summed E-state index contributed by atoms with van der Waals surface area (Å²) in [6.07, 6.45) is 0. The fourth-order valence-electron chi connectivity index (χ4n) is 3.03. The second-order valence-corrected chi connectivity index (χ2v) is 8.13. The van der Waals surface area contributed by atoms with Crippen molar-refractivity contribution in [3.05, 3.63) is 53.8 Å². The lowest BCUT2D eigenvalue weighted by Gasteiger charge is -2.34. The molecule has 0 unspecified atom stereocenters. The third-order valence-corrected chi connectivity index (χ3v) is 6.53. The van der Waals surface area contributed by atoms with Crippen molar-refractivity contribution < 1.29 is 27.1 Å². The van der Waals surface area contributed by atoms with Crippen LogP contribution in [0.25, 0.3) is 0 Å². The van der Waals surface area contributed by atoms with Crippen molar-refractivity contribution >= 4 is 15.9 Å². The molecule has 1 aliphatic rings. The molecular formula is C19H21FN2O5S. The number of rotatable bonds is 5. The lowest BCUT2D eigenvalue weighted by Crippen LogP contribution is -2.50. The quantitative estimate of drug-likeness (QED) is 0.756. The van der Waals surface area contributed by atoms with Gasteiger partial charge in [0.05, 0.1) is 14.2 Å². The Morgan fingerprint density at radius 3 is 2.18 bits per heavy atom. The molecule has 150 valence electrons. The van der Waals surface area contributed by atoms with Gasteiger partial charge in [-0.05, 0) is 36.4 Å². The largest absolute Gasteiger partial charge is 0.497 e. The highest BCUT2D eigenvalue weighted by atomic mass is 32.2. The molecule has 2 aromatic carbocycles. The van der Waals surface area contributed by atoms with Crippen molar-refractivity contribution in [2.75, 3.05) is 40.4 Å². The van der Waals surface area contributed by atoms with E-state index in [2.05, 4.69) is 0 Å². The average Bonchev–Trinajstić information content (AvgIpc) is 2.73. The maximum Gasteiger partial charge on any atom is 0.253 e. The predicted octanol–water partition coefficient (Wildman–Crippen LogP) is 1.99. The Labute approximate surface area is 163 Å². The van der Waals surface area contributed by atoms with Crippen molar-refractivity contribution in [2.45, 2.75) is 4.90 Å². The van der Waals surface area contributed by atoms with Crippen molar-refractivity contribution in [2.24, 2.45) is 0 Å². The number of sulfonamides is 1. The minimum atomic E-state index is -3.82. The van der Waals surface area contributed by atoms with Crippen LogP contribution in [-0.2, 0) is 10.0 Å². The van der Waals surface area contributed by atoms with Gasteiger partial charge in [-0.1, -0.05) is 0 Å². The molecule has 9 heteroatoms. The number of halogens is 1. The van der Waals surface area contributed by atoms with Crippen LogP contribution in [0.4, 0.5) is 4.39 Å². The number of carbonyl (C=O) groups is 1. The van der Waals surface area contributed by atoms with Gasteiger partial charge < -0.3 is 14.4 Å². The molecule has 0 atom stereocenters. The van der Waals surface area contributed by atoms with Gasteiger partial charge in [0.15, 0.2) is 0 Å². The third-order valence-electron chi connectivity index (χ3n) is 4.61. The first-order chi connectivity index (χ1) is 13.4. The Morgan fingerprint density at radius 2 is 1.61 bits per heavy atom. The fourth-order valence-corrected chi connectivity index (χ4v) is 4.62. The van der Waals surface area contributed by atoms with Gasteiger partial charge in [-0.25, -0.2) is 12.8 Å². The molecule has 0 saturated carbocycles. The Morgan fingerprint density at radius 1 is 0.964 bits per heavy atom. The van der Waals surface area contributed by atoms with Gasteiger partial charge in [0.1, 0.15) is 22.2 Å². The monoisotopic (exact) mass is 408 g/mol. The number of benzene rings is 2. The molecule has 1 heterocycles. The first-order valence-electron chi connectivity index (χ1n) is 8.64. The maximum atomic E-state index is 13.1. The summed E-state index contributed by atoms with van der Waals surface area (Å²) in [5.74, 6) is -0.0363. The zero-order valence-electron chi connectivity index (χ0n) is 15.6. The standard InChI is InChI=1S/C19H21FN2O5S/c1-26-16-7-8-17(27-2)18(13-16)28(24,25)22-11-9-21(10-12-22)19(23)14-3-5-15(20)6-4-14/h3-8,13H,9-12H2,1-2H3. The number of methoxy groups -OCH3 is 2. The van der Waals surface area contributed by atoms with Crippen molar-refractivity contribution in [3.8, 4) is 11.5 Å². The number of amides is 1. The van der Waals surface area contributed by atoms with E-state index in [1.807, 2.05) is 0 Å². The summed E-state index contributed by atoms with van der Waals surface area (Å²) in [4.78, 5) is 14.1. The molecular weight excluding hydrogens is 387 g/mol. The summed E-state index contributed by atoms with van der Waals surface area (Å²) in [7, 11) is -0.957. The van der Waals surface area contributed by atoms with E-state index in [9.17, 15) is 17.6 Å². The molecule has 0 radical (unpaired) electrons. The van der Waals surface area contributed by atoms with E-state index in [1.165, 1.54) is 48.9 Å². The van der Waals surface area contributed by atoms with E-state index in [0.717, 1.165) is 0 Å². The number of hydrogen-bond donors (Lipinski definition) is 0. The van der Waals surface area contributed by atoms with E-state index in [0.29, 0.717) is 11.3 Å². The zero-order chi connectivity index (χ0) is 20.3. The van der Waals surface area contributed by atoms with E-state index >= 15 is 0 Å². The molecule has 3 rings (SSSR count). The van der Waals surface area contributed by atoms with Gasteiger partial charge in [-0.15, -0.1) is 0 Å². The number of piperazine rings is 1. The molecule has 0 aliphatic carbocycles. The minimum Gasteiger partial charge on any atom is -0.497 e. The molecule has 0 N–H and O–H groups in total. The molecule has 7 nitrogen and oxygen atoms in total. The van der Waals surface area contributed by atoms with Gasteiger partial charge in [0.25, 0.3) is 5.91 Å². The Bertz CT molecular complexity index is 955. The highest BCUT2D eigenvalue weighted by Crippen LogP contribution is 2.31. The molecule has 0 aromatic heterocycles. The fraction of sp³-hybridized carbons (Fsp3) is 0.316. The first-order valence-corrected chi connectivity index (χ1v) is 10.1. The lowest BCUT2D eigenvalue weighted by atomic mass is 10.2. The van der Waals surface area contributed by atoms with Crippen LogP contribution in [0.2, 0.25) is 0 Å². The highest BCUT2D eigenvalue weighted by molar-refractivity contribution is 7.89. The summed E-state index contributed by atoms with van der Waals surface area (Å²) in [5, 5.41) is 0. The normalized spacial score (nSPS) is 15.3. The topological polar surface area (TPSA) is 76.2 Å². The Hall–Kier alpha value is -2.65. The second kappa shape index (κ2) is 8.15. The Kier molecular flexibility index (Phi) is 5.85. The molecule has 1 amide bonds. The maximum absolute atomic E-state index is 13.1. The molecule has 0 bridgehead atoms. The van der Waals surface area contributed by atoms with E-state index in [4.69, 9.17) is 9.47 Å². The summed E-state index contributed by atoms with van der Waals surface area (Å²) >= 11 is 0. The zero-order valence-corrected chi connectivity index (χ0v) is 16.4. The van der Waals surface area contributed by atoms with Gasteiger partial charge in [0, 0.05) is 37.8 Å². The summed E-state index contributed by atoms with van der Waals surface area (Å²) < 4.78 is 50.8. The molecule has 0 spiro atoms. The van der Waals surface area contributed by atoms with Crippen LogP contribution in [0.1, 0.15) is 10.4 Å². The molecule has 1 fully saturated rings. The third kappa shape index (κ3) is 3.95. The number of carbonyl (C=O) groups excluding carboxylic acids is 1. The molecule has 1 saturated heterocycles. The number of ether oxygens (including phenoxy) is 2. The van der Waals surface area contributed by atoms with Gasteiger partial charge in [-0.3, -0.25) is 4.79 Å². The van der Waals surface area contributed by atoms with Gasteiger partial charge in [-0.2, -0.15) is 4.31 Å². The van der Waals surface area contributed by atoms with Crippen LogP contribution in [0.5, 0.6) is 11.5 Å². The Balaban J connectivity index is 1.75. The van der Waals surface area contributed by atoms with Crippen LogP contribution in [0.15, 0.2) is 47.4 Å². The van der Waals surface area contributed by atoms with Crippen molar-refractivity contribution in [1.82, 2.24) is 9.21 Å². The number of hydrogen-bond acceptors (Lipinski definition) is 5. The van der Waals surface area contributed by atoms with Crippen molar-refractivity contribution in [1.29, 1.82) is 0 Å². The van der Waals surface area contributed by atoms with Crippen LogP contribution in [-0.4, -0.2) is 63.9 Å². The minimum absolute atomic E-state index is 0.0210. The van der Waals surface area contributed by atoms with Crippen LogP contribution in [0, 0.1) is 5.82 Å².